The number of rotatable bonds is 4. The van der Waals surface area contributed by atoms with Crippen molar-refractivity contribution in [3.63, 3.8) is 0 Å². The Morgan fingerprint density at radius 3 is 2.58 bits per heavy atom. The number of halogens is 1. The summed E-state index contributed by atoms with van der Waals surface area (Å²) in [6.45, 7) is 12.2. The first kappa shape index (κ1) is 26.1. The number of hydrogen-bond donors (Lipinski definition) is 1. The molecule has 10 heteroatoms. The smallest absolute Gasteiger partial charge is 0.351 e. The fraction of sp³-hybridized carbons (Fsp3) is 0.393. The minimum absolute atomic E-state index is 0.0674. The maximum absolute atomic E-state index is 13.9. The number of anilines is 1. The van der Waals surface area contributed by atoms with E-state index in [-0.39, 0.29) is 17.5 Å². The Hall–Kier alpha value is -3.56. The van der Waals surface area contributed by atoms with Crippen LogP contribution in [0, 0.1) is 13.8 Å². The zero-order valence-corrected chi connectivity index (χ0v) is 23.3. The highest BCUT2D eigenvalue weighted by Gasteiger charge is 2.27. The van der Waals surface area contributed by atoms with E-state index in [0.29, 0.717) is 50.9 Å². The van der Waals surface area contributed by atoms with Crippen molar-refractivity contribution in [3.8, 4) is 16.9 Å². The Morgan fingerprint density at radius 2 is 1.89 bits per heavy atom. The summed E-state index contributed by atoms with van der Waals surface area (Å²) in [5.41, 5.74) is 4.07. The summed E-state index contributed by atoms with van der Waals surface area (Å²) in [5, 5.41) is 4.49. The first-order valence-corrected chi connectivity index (χ1v) is 13.2. The topological polar surface area (TPSA) is 97.9 Å². The van der Waals surface area contributed by atoms with Crippen LogP contribution in [0.1, 0.15) is 43.5 Å². The molecule has 1 N–H and O–H groups in total. The van der Waals surface area contributed by atoms with Gasteiger partial charge in [0.15, 0.2) is 5.65 Å². The predicted octanol–water partition coefficient (Wildman–Crippen LogP) is 3.73. The van der Waals surface area contributed by atoms with Gasteiger partial charge >= 0.3 is 5.69 Å². The fourth-order valence-electron chi connectivity index (χ4n) is 5.18. The normalized spacial score (nSPS) is 16.0. The number of piperazine rings is 1. The predicted molar refractivity (Wildman–Crippen MR) is 152 cm³/mol. The highest BCUT2D eigenvalue weighted by molar-refractivity contribution is 6.33. The lowest BCUT2D eigenvalue weighted by atomic mass is 10.0. The number of aryl methyl sites for hydroxylation is 3. The quantitative estimate of drug-likeness (QED) is 0.427. The molecule has 0 aromatic carbocycles. The molecule has 0 aliphatic carbocycles. The van der Waals surface area contributed by atoms with Gasteiger partial charge in [-0.15, -0.1) is 0 Å². The summed E-state index contributed by atoms with van der Waals surface area (Å²) >= 11 is 6.87. The van der Waals surface area contributed by atoms with Gasteiger partial charge < -0.3 is 14.8 Å². The number of nitrogens with one attached hydrogen (secondary N) is 1. The lowest BCUT2D eigenvalue weighted by Gasteiger charge is -2.35. The average molecular weight is 534 g/mol. The minimum Gasteiger partial charge on any atom is -0.351 e. The summed E-state index contributed by atoms with van der Waals surface area (Å²) in [5.74, 6) is 0.637. The van der Waals surface area contributed by atoms with E-state index in [1.807, 2.05) is 32.9 Å². The molecule has 0 spiro atoms. The summed E-state index contributed by atoms with van der Waals surface area (Å²) < 4.78 is 3.08. The fourth-order valence-corrected chi connectivity index (χ4v) is 5.44. The van der Waals surface area contributed by atoms with Crippen molar-refractivity contribution in [2.24, 2.45) is 7.05 Å². The molecule has 1 fully saturated rings. The monoisotopic (exact) mass is 533 g/mol. The highest BCUT2D eigenvalue weighted by Crippen LogP contribution is 2.35. The lowest BCUT2D eigenvalue weighted by Crippen LogP contribution is -2.50. The molecular formula is C28H32ClN7O2. The molecule has 0 unspecified atom stereocenters. The van der Waals surface area contributed by atoms with E-state index in [4.69, 9.17) is 16.6 Å². The third kappa shape index (κ3) is 4.39. The maximum Gasteiger partial charge on any atom is 0.355 e. The van der Waals surface area contributed by atoms with Gasteiger partial charge in [0, 0.05) is 56.2 Å². The van der Waals surface area contributed by atoms with Crippen molar-refractivity contribution >= 4 is 28.5 Å². The number of nitrogens with zero attached hydrogens (tertiary/aromatic N) is 6. The van der Waals surface area contributed by atoms with E-state index >= 15 is 0 Å². The molecule has 5 rings (SSSR count). The van der Waals surface area contributed by atoms with Gasteiger partial charge in [0.1, 0.15) is 5.82 Å². The van der Waals surface area contributed by atoms with Crippen LogP contribution in [-0.2, 0) is 7.05 Å². The Bertz CT molecular complexity index is 1650. The molecule has 1 aliphatic heterocycles. The van der Waals surface area contributed by atoms with Crippen LogP contribution in [0.15, 0.2) is 40.2 Å². The molecule has 38 heavy (non-hydrogen) atoms. The van der Waals surface area contributed by atoms with Crippen molar-refractivity contribution in [1.82, 2.24) is 29.4 Å². The SMILES string of the molecule is Cc1ccnc(C(C)C)c1-n1c(=O)nc(N2CCNC[C@@H]2C)c2cc(Cl)c(-c3cc(C)c(=O)n(C)c3)nc21. The van der Waals surface area contributed by atoms with Crippen molar-refractivity contribution in [1.29, 1.82) is 0 Å². The van der Waals surface area contributed by atoms with E-state index in [2.05, 4.69) is 27.1 Å². The van der Waals surface area contributed by atoms with E-state index in [9.17, 15) is 9.59 Å². The van der Waals surface area contributed by atoms with E-state index in [1.54, 1.807) is 37.0 Å². The molecule has 5 heterocycles. The first-order valence-electron chi connectivity index (χ1n) is 12.8. The maximum atomic E-state index is 13.9. The first-order chi connectivity index (χ1) is 18.1. The van der Waals surface area contributed by atoms with Crippen LogP contribution in [0.25, 0.3) is 28.0 Å². The molecule has 9 nitrogen and oxygen atoms in total. The molecule has 0 amide bonds. The Labute approximate surface area is 226 Å². The molecule has 198 valence electrons. The van der Waals surface area contributed by atoms with Gasteiger partial charge in [-0.25, -0.2) is 14.3 Å². The minimum atomic E-state index is -0.423. The van der Waals surface area contributed by atoms with Gasteiger partial charge in [0.25, 0.3) is 5.56 Å². The van der Waals surface area contributed by atoms with Crippen molar-refractivity contribution in [2.45, 2.75) is 46.6 Å². The zero-order valence-electron chi connectivity index (χ0n) is 22.5. The Kier molecular flexibility index (Phi) is 6.83. The molecule has 0 saturated carbocycles. The molecule has 1 saturated heterocycles. The van der Waals surface area contributed by atoms with Gasteiger partial charge in [0.05, 0.1) is 27.5 Å². The van der Waals surface area contributed by atoms with Crippen LogP contribution < -0.4 is 21.5 Å². The largest absolute Gasteiger partial charge is 0.355 e. The second-order valence-electron chi connectivity index (χ2n) is 10.3. The van der Waals surface area contributed by atoms with Crippen LogP contribution in [0.5, 0.6) is 0 Å². The van der Waals surface area contributed by atoms with Gasteiger partial charge in [-0.3, -0.25) is 9.78 Å². The third-order valence-corrected chi connectivity index (χ3v) is 7.42. The second-order valence-corrected chi connectivity index (χ2v) is 10.7. The molecule has 4 aromatic rings. The summed E-state index contributed by atoms with van der Waals surface area (Å²) in [6, 6.07) is 5.64. The van der Waals surface area contributed by atoms with Crippen LogP contribution in [0.2, 0.25) is 5.02 Å². The van der Waals surface area contributed by atoms with Gasteiger partial charge in [-0.1, -0.05) is 25.4 Å². The van der Waals surface area contributed by atoms with Gasteiger partial charge in [0.2, 0.25) is 0 Å². The zero-order chi connectivity index (χ0) is 27.3. The van der Waals surface area contributed by atoms with Gasteiger partial charge in [-0.2, -0.15) is 4.98 Å². The third-order valence-electron chi connectivity index (χ3n) is 7.14. The summed E-state index contributed by atoms with van der Waals surface area (Å²) in [4.78, 5) is 42.6. The number of fused-ring (bicyclic) bond motifs is 1. The molecular weight excluding hydrogens is 502 g/mol. The lowest BCUT2D eigenvalue weighted by molar-refractivity contribution is 0.497. The van der Waals surface area contributed by atoms with Crippen LogP contribution >= 0.6 is 11.6 Å². The van der Waals surface area contributed by atoms with Crippen molar-refractivity contribution in [2.75, 3.05) is 24.5 Å². The standard InChI is InChI=1S/C28H32ClN7O2/c1-15(2)22-24(16(3)7-8-31-22)36-26-20(25(33-28(36)38)35-10-9-30-13-18(35)5)12-21(29)23(32-26)19-11-17(4)27(37)34(6)14-19/h7-8,11-12,14-15,18,30H,9-10,13H2,1-6H3/t18-/m0/s1. The van der Waals surface area contributed by atoms with Crippen molar-refractivity contribution in [3.05, 3.63) is 73.3 Å². The molecule has 0 radical (unpaired) electrons. The second kappa shape index (κ2) is 9.96. The average Bonchev–Trinajstić information content (AvgIpc) is 2.87. The molecule has 0 bridgehead atoms. The summed E-state index contributed by atoms with van der Waals surface area (Å²) in [6.07, 6.45) is 3.47. The van der Waals surface area contributed by atoms with Gasteiger partial charge in [-0.05, 0) is 50.5 Å². The number of pyridine rings is 3. The Morgan fingerprint density at radius 1 is 1.13 bits per heavy atom. The van der Waals surface area contributed by atoms with Crippen LogP contribution in [0.4, 0.5) is 5.82 Å². The molecule has 1 aliphatic rings. The number of aromatic nitrogens is 5. The van der Waals surface area contributed by atoms with E-state index < -0.39 is 5.69 Å². The summed E-state index contributed by atoms with van der Waals surface area (Å²) in [7, 11) is 1.70. The molecule has 4 aromatic heterocycles. The number of hydrogen-bond acceptors (Lipinski definition) is 7. The van der Waals surface area contributed by atoms with Crippen LogP contribution in [0.3, 0.4) is 0 Å². The van der Waals surface area contributed by atoms with E-state index in [0.717, 1.165) is 24.3 Å². The highest BCUT2D eigenvalue weighted by atomic mass is 35.5. The van der Waals surface area contributed by atoms with E-state index in [1.165, 1.54) is 4.57 Å². The Balaban J connectivity index is 1.91. The van der Waals surface area contributed by atoms with Crippen LogP contribution in [-0.4, -0.2) is 49.8 Å². The van der Waals surface area contributed by atoms with Crippen molar-refractivity contribution < 1.29 is 0 Å². The molecule has 1 atom stereocenters.